The van der Waals surface area contributed by atoms with Crippen molar-refractivity contribution in [3.05, 3.63) is 23.9 Å². The molecule has 3 nitrogen and oxygen atoms in total. The van der Waals surface area contributed by atoms with Crippen molar-refractivity contribution in [2.24, 2.45) is 0 Å². The SMILES string of the molecule is Nc1ccc(COC2CCCC2)cn1. The van der Waals surface area contributed by atoms with Gasteiger partial charge in [0, 0.05) is 6.20 Å². The molecule has 1 aromatic rings. The largest absolute Gasteiger partial charge is 0.384 e. The first-order valence-electron chi connectivity index (χ1n) is 5.16. The number of hydrogen-bond acceptors (Lipinski definition) is 3. The van der Waals surface area contributed by atoms with Gasteiger partial charge in [-0.05, 0) is 24.5 Å². The fourth-order valence-corrected chi connectivity index (χ4v) is 1.79. The van der Waals surface area contributed by atoms with Gasteiger partial charge in [-0.3, -0.25) is 0 Å². The molecule has 14 heavy (non-hydrogen) atoms. The molecule has 0 saturated heterocycles. The van der Waals surface area contributed by atoms with Crippen LogP contribution in [0.25, 0.3) is 0 Å². The van der Waals surface area contributed by atoms with Gasteiger partial charge in [0.1, 0.15) is 5.82 Å². The highest BCUT2D eigenvalue weighted by Gasteiger charge is 2.14. The third kappa shape index (κ3) is 2.45. The number of rotatable bonds is 3. The molecule has 0 radical (unpaired) electrons. The molecule has 0 aliphatic heterocycles. The van der Waals surface area contributed by atoms with Crippen molar-refractivity contribution in [1.29, 1.82) is 0 Å². The molecule has 1 aliphatic carbocycles. The average Bonchev–Trinajstić information content (AvgIpc) is 2.70. The molecule has 2 rings (SSSR count). The zero-order valence-corrected chi connectivity index (χ0v) is 8.28. The quantitative estimate of drug-likeness (QED) is 0.798. The lowest BCUT2D eigenvalue weighted by Gasteiger charge is -2.10. The predicted molar refractivity (Wildman–Crippen MR) is 55.7 cm³/mol. The van der Waals surface area contributed by atoms with E-state index in [2.05, 4.69) is 4.98 Å². The second-order valence-corrected chi connectivity index (χ2v) is 3.81. The Balaban J connectivity index is 1.82. The van der Waals surface area contributed by atoms with Crippen LogP contribution in [0.15, 0.2) is 18.3 Å². The van der Waals surface area contributed by atoms with Crippen molar-refractivity contribution < 1.29 is 4.74 Å². The van der Waals surface area contributed by atoms with Crippen LogP contribution in [0.3, 0.4) is 0 Å². The maximum absolute atomic E-state index is 5.75. The zero-order chi connectivity index (χ0) is 9.80. The van der Waals surface area contributed by atoms with E-state index < -0.39 is 0 Å². The fraction of sp³-hybridized carbons (Fsp3) is 0.545. The molecule has 1 heterocycles. The third-order valence-electron chi connectivity index (χ3n) is 2.64. The van der Waals surface area contributed by atoms with E-state index in [0.717, 1.165) is 5.56 Å². The van der Waals surface area contributed by atoms with E-state index in [4.69, 9.17) is 10.5 Å². The first-order chi connectivity index (χ1) is 6.84. The summed E-state index contributed by atoms with van der Waals surface area (Å²) in [5.74, 6) is 0.564. The van der Waals surface area contributed by atoms with Gasteiger partial charge >= 0.3 is 0 Å². The lowest BCUT2D eigenvalue weighted by Crippen LogP contribution is -2.07. The molecule has 3 heteroatoms. The highest BCUT2D eigenvalue weighted by molar-refractivity contribution is 5.28. The van der Waals surface area contributed by atoms with E-state index in [9.17, 15) is 0 Å². The Morgan fingerprint density at radius 2 is 2.14 bits per heavy atom. The Kier molecular flexibility index (Phi) is 2.99. The minimum absolute atomic E-state index is 0.465. The van der Waals surface area contributed by atoms with Gasteiger partial charge < -0.3 is 10.5 Å². The topological polar surface area (TPSA) is 48.1 Å². The summed E-state index contributed by atoms with van der Waals surface area (Å²) in [7, 11) is 0. The molecule has 0 aromatic carbocycles. The van der Waals surface area contributed by atoms with Crippen LogP contribution in [0.4, 0.5) is 5.82 Å². The minimum Gasteiger partial charge on any atom is -0.384 e. The van der Waals surface area contributed by atoms with Gasteiger partial charge in [-0.2, -0.15) is 0 Å². The van der Waals surface area contributed by atoms with E-state index in [1.165, 1.54) is 25.7 Å². The standard InChI is InChI=1S/C11H16N2O/c12-11-6-5-9(7-13-11)8-14-10-3-1-2-4-10/h5-7,10H,1-4,8H2,(H2,12,13). The van der Waals surface area contributed by atoms with Crippen LogP contribution in [-0.2, 0) is 11.3 Å². The summed E-state index contributed by atoms with van der Waals surface area (Å²) in [5.41, 5.74) is 6.60. The van der Waals surface area contributed by atoms with Crippen LogP contribution in [-0.4, -0.2) is 11.1 Å². The van der Waals surface area contributed by atoms with Crippen LogP contribution >= 0.6 is 0 Å². The monoisotopic (exact) mass is 192 g/mol. The summed E-state index contributed by atoms with van der Waals surface area (Å²) < 4.78 is 5.75. The Bertz CT molecular complexity index is 278. The summed E-state index contributed by atoms with van der Waals surface area (Å²) in [6, 6.07) is 3.78. The minimum atomic E-state index is 0.465. The molecular formula is C11H16N2O. The number of ether oxygens (including phenoxy) is 1. The van der Waals surface area contributed by atoms with Crippen LogP contribution in [0.2, 0.25) is 0 Å². The number of anilines is 1. The van der Waals surface area contributed by atoms with Crippen molar-refractivity contribution in [3.8, 4) is 0 Å². The van der Waals surface area contributed by atoms with E-state index in [-0.39, 0.29) is 0 Å². The molecule has 1 aromatic heterocycles. The number of nitrogens with two attached hydrogens (primary N) is 1. The maximum atomic E-state index is 5.75. The maximum Gasteiger partial charge on any atom is 0.123 e. The lowest BCUT2D eigenvalue weighted by molar-refractivity contribution is 0.0455. The first kappa shape index (κ1) is 9.46. The molecule has 0 unspecified atom stereocenters. The lowest BCUT2D eigenvalue weighted by atomic mass is 10.3. The van der Waals surface area contributed by atoms with Gasteiger partial charge in [-0.25, -0.2) is 4.98 Å². The van der Waals surface area contributed by atoms with E-state index >= 15 is 0 Å². The van der Waals surface area contributed by atoms with Crippen LogP contribution in [0.1, 0.15) is 31.2 Å². The fourth-order valence-electron chi connectivity index (χ4n) is 1.79. The molecule has 76 valence electrons. The molecule has 0 atom stereocenters. The molecular weight excluding hydrogens is 176 g/mol. The van der Waals surface area contributed by atoms with Crippen molar-refractivity contribution >= 4 is 5.82 Å². The van der Waals surface area contributed by atoms with Crippen molar-refractivity contribution in [3.63, 3.8) is 0 Å². The molecule has 0 spiro atoms. The highest BCUT2D eigenvalue weighted by atomic mass is 16.5. The van der Waals surface area contributed by atoms with Crippen molar-refractivity contribution in [2.75, 3.05) is 5.73 Å². The molecule has 2 N–H and O–H groups in total. The van der Waals surface area contributed by atoms with Crippen LogP contribution in [0, 0.1) is 0 Å². The van der Waals surface area contributed by atoms with Gasteiger partial charge in [0.05, 0.1) is 12.7 Å². The van der Waals surface area contributed by atoms with Gasteiger partial charge in [-0.15, -0.1) is 0 Å². The Morgan fingerprint density at radius 1 is 1.36 bits per heavy atom. The third-order valence-corrected chi connectivity index (χ3v) is 2.64. The Hall–Kier alpha value is -1.09. The summed E-state index contributed by atoms with van der Waals surface area (Å²) in [5, 5.41) is 0. The number of hydrogen-bond donors (Lipinski definition) is 1. The Morgan fingerprint density at radius 3 is 2.79 bits per heavy atom. The predicted octanol–water partition coefficient (Wildman–Crippen LogP) is 2.12. The zero-order valence-electron chi connectivity index (χ0n) is 8.28. The molecule has 1 aliphatic rings. The van der Waals surface area contributed by atoms with E-state index in [1.54, 1.807) is 6.20 Å². The molecule has 0 amide bonds. The number of nitrogen functional groups attached to an aromatic ring is 1. The van der Waals surface area contributed by atoms with Crippen molar-refractivity contribution in [2.45, 2.75) is 38.4 Å². The second kappa shape index (κ2) is 4.42. The second-order valence-electron chi connectivity index (χ2n) is 3.81. The number of aromatic nitrogens is 1. The molecule has 0 bridgehead atoms. The summed E-state index contributed by atoms with van der Waals surface area (Å²) in [6.45, 7) is 0.665. The molecule has 1 saturated carbocycles. The van der Waals surface area contributed by atoms with E-state index in [0.29, 0.717) is 18.5 Å². The highest BCUT2D eigenvalue weighted by Crippen LogP contribution is 2.21. The van der Waals surface area contributed by atoms with Crippen LogP contribution in [0.5, 0.6) is 0 Å². The summed E-state index contributed by atoms with van der Waals surface area (Å²) in [4.78, 5) is 4.02. The smallest absolute Gasteiger partial charge is 0.123 e. The van der Waals surface area contributed by atoms with Crippen molar-refractivity contribution in [1.82, 2.24) is 4.98 Å². The Labute approximate surface area is 84.3 Å². The van der Waals surface area contributed by atoms with Crippen LogP contribution < -0.4 is 5.73 Å². The normalized spacial score (nSPS) is 17.4. The average molecular weight is 192 g/mol. The van der Waals surface area contributed by atoms with Gasteiger partial charge in [0.15, 0.2) is 0 Å². The van der Waals surface area contributed by atoms with Gasteiger partial charge in [-0.1, -0.05) is 18.9 Å². The van der Waals surface area contributed by atoms with Gasteiger partial charge in [0.2, 0.25) is 0 Å². The summed E-state index contributed by atoms with van der Waals surface area (Å²) >= 11 is 0. The first-order valence-corrected chi connectivity index (χ1v) is 5.16. The van der Waals surface area contributed by atoms with Gasteiger partial charge in [0.25, 0.3) is 0 Å². The summed E-state index contributed by atoms with van der Waals surface area (Å²) in [6.07, 6.45) is 7.29. The van der Waals surface area contributed by atoms with E-state index in [1.807, 2.05) is 12.1 Å². The number of pyridine rings is 1. The number of nitrogens with zero attached hydrogens (tertiary/aromatic N) is 1. The molecule has 1 fully saturated rings.